The summed E-state index contributed by atoms with van der Waals surface area (Å²) in [5.41, 5.74) is 9.36. The third-order valence-corrected chi connectivity index (χ3v) is 8.89. The van der Waals surface area contributed by atoms with Crippen molar-refractivity contribution in [1.82, 2.24) is 4.57 Å². The van der Waals surface area contributed by atoms with E-state index in [9.17, 15) is 0 Å². The molecule has 3 heteroatoms. The van der Waals surface area contributed by atoms with Crippen molar-refractivity contribution in [3.63, 3.8) is 0 Å². The zero-order chi connectivity index (χ0) is 34.2. The van der Waals surface area contributed by atoms with Gasteiger partial charge in [0.05, 0.1) is 22.6 Å². The maximum atomic E-state index is 6.68. The van der Waals surface area contributed by atoms with Crippen LogP contribution in [0, 0.1) is 5.92 Å². The van der Waals surface area contributed by atoms with Crippen molar-refractivity contribution in [2.45, 2.75) is 39.5 Å². The number of hydrogen-bond donors (Lipinski definition) is 0. The first-order valence-corrected chi connectivity index (χ1v) is 17.1. The minimum Gasteiger partial charge on any atom is -0.461 e. The number of benzene rings is 2. The molecule has 0 radical (unpaired) electrons. The average Bonchev–Trinajstić information content (AvgIpc) is 3.80. The number of ether oxygens (including phenoxy) is 1. The number of aromatic nitrogens is 1. The van der Waals surface area contributed by atoms with Crippen LogP contribution in [0.15, 0.2) is 175 Å². The van der Waals surface area contributed by atoms with Gasteiger partial charge in [0.15, 0.2) is 0 Å². The van der Waals surface area contributed by atoms with Crippen molar-refractivity contribution >= 4 is 34.5 Å². The Morgan fingerprint density at radius 3 is 2.57 bits per heavy atom. The maximum Gasteiger partial charge on any atom is 0.131 e. The fourth-order valence-electron chi connectivity index (χ4n) is 6.36. The Morgan fingerprint density at radius 2 is 1.80 bits per heavy atom. The third kappa shape index (κ3) is 7.42. The summed E-state index contributed by atoms with van der Waals surface area (Å²) in [7, 11) is 0. The van der Waals surface area contributed by atoms with Gasteiger partial charge in [0, 0.05) is 39.8 Å². The van der Waals surface area contributed by atoms with E-state index in [1.165, 1.54) is 22.0 Å². The second-order valence-electron chi connectivity index (χ2n) is 12.2. The lowest BCUT2D eigenvalue weighted by Crippen LogP contribution is -2.07. The highest BCUT2D eigenvalue weighted by atomic mass is 16.5. The molecule has 244 valence electrons. The van der Waals surface area contributed by atoms with E-state index in [-0.39, 0.29) is 5.92 Å². The Labute approximate surface area is 291 Å². The molecule has 6 rings (SSSR count). The Balaban J connectivity index is 1.35. The van der Waals surface area contributed by atoms with E-state index in [0.717, 1.165) is 52.6 Å². The number of allylic oxidation sites excluding steroid dienone is 18. The molecule has 0 fully saturated rings. The molecule has 0 N–H and O–H groups in total. The van der Waals surface area contributed by atoms with Gasteiger partial charge in [-0.05, 0) is 69.4 Å². The van der Waals surface area contributed by atoms with Crippen LogP contribution in [0.3, 0.4) is 0 Å². The van der Waals surface area contributed by atoms with Crippen LogP contribution in [0.1, 0.15) is 61.9 Å². The monoisotopic (exact) mass is 640 g/mol. The zero-order valence-corrected chi connectivity index (χ0v) is 28.7. The zero-order valence-electron chi connectivity index (χ0n) is 28.7. The minimum atomic E-state index is 0.179. The molecule has 2 heterocycles. The van der Waals surface area contributed by atoms with Crippen molar-refractivity contribution in [2.24, 2.45) is 10.9 Å². The van der Waals surface area contributed by atoms with Crippen LogP contribution in [0.2, 0.25) is 0 Å². The highest BCUT2D eigenvalue weighted by Crippen LogP contribution is 2.47. The molecule has 2 aliphatic carbocycles. The van der Waals surface area contributed by atoms with Gasteiger partial charge >= 0.3 is 0 Å². The van der Waals surface area contributed by atoms with Crippen molar-refractivity contribution in [2.75, 3.05) is 0 Å². The van der Waals surface area contributed by atoms with Crippen LogP contribution in [-0.2, 0) is 0 Å². The lowest BCUT2D eigenvalue weighted by atomic mass is 9.90. The second kappa shape index (κ2) is 15.5. The molecule has 0 amide bonds. The van der Waals surface area contributed by atoms with Gasteiger partial charge in [-0.25, -0.2) is 4.99 Å². The summed E-state index contributed by atoms with van der Waals surface area (Å²) in [4.78, 5) is 5.01. The largest absolute Gasteiger partial charge is 0.461 e. The van der Waals surface area contributed by atoms with Crippen molar-refractivity contribution in [1.29, 1.82) is 0 Å². The molecule has 3 aromatic rings. The van der Waals surface area contributed by atoms with Gasteiger partial charge in [-0.2, -0.15) is 0 Å². The molecule has 1 unspecified atom stereocenters. The number of fused-ring (bicyclic) bond motifs is 4. The first kappa shape index (κ1) is 33.2. The van der Waals surface area contributed by atoms with Gasteiger partial charge in [0.2, 0.25) is 0 Å². The highest BCUT2D eigenvalue weighted by molar-refractivity contribution is 6.09. The average molecular weight is 641 g/mol. The molecule has 0 bridgehead atoms. The minimum absolute atomic E-state index is 0.179. The lowest BCUT2D eigenvalue weighted by molar-refractivity contribution is 0.425. The Kier molecular flexibility index (Phi) is 10.5. The Hall–Kier alpha value is -5.67. The molecule has 0 saturated heterocycles. The van der Waals surface area contributed by atoms with E-state index in [1.807, 2.05) is 44.2 Å². The SMILES string of the molecule is C=C/C=C\C(=C/C)C(=C)N=C(/C=C/CC1C=C1)c1ccc2c(c1)OC1=CC(n3c(\C=C/C=C\C=C/C)c(/C=C/C)c4ccccc43)=CCC12. The van der Waals surface area contributed by atoms with E-state index in [2.05, 4.69) is 140 Å². The van der Waals surface area contributed by atoms with Crippen molar-refractivity contribution in [3.05, 3.63) is 192 Å². The molecule has 1 aliphatic heterocycles. The summed E-state index contributed by atoms with van der Waals surface area (Å²) in [6.07, 6.45) is 39.6. The topological polar surface area (TPSA) is 26.5 Å². The summed E-state index contributed by atoms with van der Waals surface area (Å²) >= 11 is 0. The molecule has 49 heavy (non-hydrogen) atoms. The first-order chi connectivity index (χ1) is 24.1. The maximum absolute atomic E-state index is 6.68. The number of rotatable bonds is 13. The molecular weight excluding hydrogens is 597 g/mol. The van der Waals surface area contributed by atoms with Crippen molar-refractivity contribution < 1.29 is 4.74 Å². The fourth-order valence-corrected chi connectivity index (χ4v) is 6.36. The van der Waals surface area contributed by atoms with Crippen LogP contribution in [0.4, 0.5) is 0 Å². The van der Waals surface area contributed by atoms with Gasteiger partial charge < -0.3 is 9.30 Å². The van der Waals surface area contributed by atoms with Crippen LogP contribution in [0.25, 0.3) is 28.8 Å². The predicted octanol–water partition coefficient (Wildman–Crippen LogP) is 12.2. The summed E-state index contributed by atoms with van der Waals surface area (Å²) in [5.74, 6) is 2.59. The molecule has 1 atom stereocenters. The summed E-state index contributed by atoms with van der Waals surface area (Å²) in [6, 6.07) is 15.1. The second-order valence-corrected chi connectivity index (χ2v) is 12.2. The molecule has 0 saturated carbocycles. The number of hydrogen-bond acceptors (Lipinski definition) is 2. The fraction of sp³-hybridized carbons (Fsp3) is 0.152. The smallest absolute Gasteiger partial charge is 0.131 e. The first-order valence-electron chi connectivity index (χ1n) is 17.1. The standard InChI is InChI=1S/C46H44N2O/c1-6-10-12-13-14-23-43-38(18-8-3)39-21-15-16-24-44(39)48(43)37-28-30-41-40-29-27-36(31-45(40)49-46(41)32-37)42(22-17-19-34-25-26-34)47-33(5)35(9-4)20-11-7-2/h6-18,20-29,31-32,34,41H,2,5,19,30H2,1,3-4H3/b10-6-,13-12-,18-8+,20-11-,22-17+,23-14-,35-9+,47-42?. The van der Waals surface area contributed by atoms with Gasteiger partial charge in [-0.1, -0.05) is 135 Å². The lowest BCUT2D eigenvalue weighted by Gasteiger charge is -2.19. The highest BCUT2D eigenvalue weighted by Gasteiger charge is 2.32. The predicted molar refractivity (Wildman–Crippen MR) is 212 cm³/mol. The molecule has 0 spiro atoms. The Morgan fingerprint density at radius 1 is 0.959 bits per heavy atom. The molecule has 1 aromatic heterocycles. The number of nitrogens with zero attached hydrogens (tertiary/aromatic N) is 2. The van der Waals surface area contributed by atoms with Crippen LogP contribution in [0.5, 0.6) is 5.75 Å². The number of aliphatic imine (C=N–C) groups is 1. The van der Waals surface area contributed by atoms with Gasteiger partial charge in [0.25, 0.3) is 0 Å². The van der Waals surface area contributed by atoms with Crippen LogP contribution in [-0.4, -0.2) is 10.3 Å². The molecule has 2 aromatic carbocycles. The van der Waals surface area contributed by atoms with E-state index >= 15 is 0 Å². The van der Waals surface area contributed by atoms with Crippen LogP contribution < -0.4 is 4.74 Å². The summed E-state index contributed by atoms with van der Waals surface area (Å²) in [5, 5.41) is 1.22. The molecule has 3 nitrogen and oxygen atoms in total. The van der Waals surface area contributed by atoms with E-state index in [4.69, 9.17) is 9.73 Å². The van der Waals surface area contributed by atoms with Gasteiger partial charge in [0.1, 0.15) is 11.5 Å². The summed E-state index contributed by atoms with van der Waals surface area (Å²) < 4.78 is 9.04. The number of para-hydroxylation sites is 1. The third-order valence-electron chi connectivity index (χ3n) is 8.89. The molecular formula is C46H44N2O. The van der Waals surface area contributed by atoms with E-state index in [1.54, 1.807) is 6.08 Å². The van der Waals surface area contributed by atoms with E-state index in [0.29, 0.717) is 11.6 Å². The van der Waals surface area contributed by atoms with Crippen molar-refractivity contribution in [3.8, 4) is 5.75 Å². The van der Waals surface area contributed by atoms with Gasteiger partial charge in [-0.15, -0.1) is 0 Å². The Bertz CT molecular complexity index is 2100. The van der Waals surface area contributed by atoms with E-state index < -0.39 is 0 Å². The van der Waals surface area contributed by atoms with Crippen LogP contribution >= 0.6 is 0 Å². The normalized spacial score (nSPS) is 18.1. The summed E-state index contributed by atoms with van der Waals surface area (Å²) in [6.45, 7) is 14.2. The molecule has 3 aliphatic rings. The van der Waals surface area contributed by atoms with Gasteiger partial charge in [-0.3, -0.25) is 0 Å². The quantitative estimate of drug-likeness (QED) is 0.104.